The lowest BCUT2D eigenvalue weighted by Crippen LogP contribution is -2.37. The summed E-state index contributed by atoms with van der Waals surface area (Å²) in [5, 5.41) is 16.1. The molecule has 4 nitrogen and oxygen atoms in total. The number of aromatic nitrogens is 3. The predicted octanol–water partition coefficient (Wildman–Crippen LogP) is 3.29. The zero-order valence-corrected chi connectivity index (χ0v) is 12.5. The van der Waals surface area contributed by atoms with Crippen molar-refractivity contribution in [2.45, 2.75) is 19.1 Å². The molecule has 2 atom stereocenters. The van der Waals surface area contributed by atoms with Crippen LogP contribution < -0.4 is 0 Å². The molecule has 1 heterocycles. The molecule has 0 saturated heterocycles. The summed E-state index contributed by atoms with van der Waals surface area (Å²) >= 11 is 12.1. The third-order valence-corrected chi connectivity index (χ3v) is 3.92. The average molecular weight is 312 g/mol. The highest BCUT2D eigenvalue weighted by Crippen LogP contribution is 2.37. The van der Waals surface area contributed by atoms with E-state index in [1.54, 1.807) is 35.3 Å². The Morgan fingerprint density at radius 2 is 2.25 bits per heavy atom. The third-order valence-electron chi connectivity index (χ3n) is 3.37. The van der Waals surface area contributed by atoms with Gasteiger partial charge in [0, 0.05) is 21.5 Å². The van der Waals surface area contributed by atoms with Crippen molar-refractivity contribution < 1.29 is 5.11 Å². The Balaban J connectivity index is 2.48. The second kappa shape index (κ2) is 5.95. The average Bonchev–Trinajstić information content (AvgIpc) is 2.90. The quantitative estimate of drug-likeness (QED) is 0.862. The van der Waals surface area contributed by atoms with Gasteiger partial charge in [0.05, 0.1) is 6.54 Å². The molecular weight excluding hydrogens is 297 g/mol. The number of benzene rings is 1. The van der Waals surface area contributed by atoms with Gasteiger partial charge in [-0.15, -0.1) is 6.58 Å². The maximum Gasteiger partial charge on any atom is 0.137 e. The first kappa shape index (κ1) is 15.0. The largest absolute Gasteiger partial charge is 0.383 e. The van der Waals surface area contributed by atoms with Gasteiger partial charge >= 0.3 is 0 Å². The van der Waals surface area contributed by atoms with Crippen molar-refractivity contribution in [2.75, 3.05) is 0 Å². The smallest absolute Gasteiger partial charge is 0.137 e. The van der Waals surface area contributed by atoms with Crippen LogP contribution in [0.3, 0.4) is 0 Å². The van der Waals surface area contributed by atoms with Crippen molar-refractivity contribution in [1.29, 1.82) is 0 Å². The first-order valence-electron chi connectivity index (χ1n) is 6.10. The number of aliphatic hydroxyl groups is 1. The van der Waals surface area contributed by atoms with Gasteiger partial charge < -0.3 is 5.11 Å². The SMILES string of the molecule is C=C[C@@H](C)[C@](O)(Cn1cncn1)c1ccc(Cl)cc1Cl. The van der Waals surface area contributed by atoms with Gasteiger partial charge in [0.1, 0.15) is 18.3 Å². The molecule has 0 spiro atoms. The minimum atomic E-state index is -1.24. The molecule has 0 amide bonds. The van der Waals surface area contributed by atoms with Gasteiger partial charge in [-0.3, -0.25) is 0 Å². The van der Waals surface area contributed by atoms with E-state index in [1.165, 1.54) is 6.33 Å². The lowest BCUT2D eigenvalue weighted by Gasteiger charge is -2.33. The van der Waals surface area contributed by atoms with Crippen molar-refractivity contribution >= 4 is 23.2 Å². The summed E-state index contributed by atoms with van der Waals surface area (Å²) in [5.41, 5.74) is -0.650. The van der Waals surface area contributed by atoms with E-state index in [2.05, 4.69) is 16.7 Å². The fraction of sp³-hybridized carbons (Fsp3) is 0.286. The van der Waals surface area contributed by atoms with E-state index >= 15 is 0 Å². The summed E-state index contributed by atoms with van der Waals surface area (Å²) < 4.78 is 1.56. The first-order chi connectivity index (χ1) is 9.47. The lowest BCUT2D eigenvalue weighted by atomic mass is 9.82. The predicted molar refractivity (Wildman–Crippen MR) is 79.7 cm³/mol. The molecule has 106 valence electrons. The molecule has 6 heteroatoms. The van der Waals surface area contributed by atoms with Gasteiger partial charge in [0.15, 0.2) is 0 Å². The van der Waals surface area contributed by atoms with Crippen molar-refractivity contribution in [3.63, 3.8) is 0 Å². The van der Waals surface area contributed by atoms with E-state index in [-0.39, 0.29) is 12.5 Å². The van der Waals surface area contributed by atoms with Crippen molar-refractivity contribution in [3.05, 3.63) is 59.1 Å². The standard InChI is InChI=1S/C14H15Cl2N3O/c1-3-10(2)14(20,7-19-9-17-8-18-19)12-5-4-11(15)6-13(12)16/h3-6,8-10,20H,1,7H2,2H3/t10-,14-/m1/s1. The number of rotatable bonds is 5. The van der Waals surface area contributed by atoms with Crippen LogP contribution in [0.4, 0.5) is 0 Å². The van der Waals surface area contributed by atoms with Gasteiger partial charge in [-0.1, -0.05) is 42.3 Å². The molecule has 0 bridgehead atoms. The number of nitrogens with zero attached hydrogens (tertiary/aromatic N) is 3. The van der Waals surface area contributed by atoms with Gasteiger partial charge in [-0.05, 0) is 12.1 Å². The van der Waals surface area contributed by atoms with Crippen LogP contribution in [0.1, 0.15) is 12.5 Å². The molecule has 0 aliphatic rings. The van der Waals surface area contributed by atoms with E-state index in [4.69, 9.17) is 23.2 Å². The van der Waals surface area contributed by atoms with Crippen LogP contribution in [-0.2, 0) is 12.1 Å². The highest BCUT2D eigenvalue weighted by molar-refractivity contribution is 6.35. The lowest BCUT2D eigenvalue weighted by molar-refractivity contribution is -0.0190. The zero-order valence-electron chi connectivity index (χ0n) is 11.0. The molecule has 2 rings (SSSR count). The summed E-state index contributed by atoms with van der Waals surface area (Å²) in [7, 11) is 0. The van der Waals surface area contributed by atoms with Crippen LogP contribution in [0.15, 0.2) is 43.5 Å². The Labute approximate surface area is 127 Å². The maximum atomic E-state index is 11.1. The second-order valence-electron chi connectivity index (χ2n) is 4.67. The monoisotopic (exact) mass is 311 g/mol. The summed E-state index contributed by atoms with van der Waals surface area (Å²) in [6.45, 7) is 5.85. The third kappa shape index (κ3) is 2.87. The van der Waals surface area contributed by atoms with Crippen LogP contribution in [0.25, 0.3) is 0 Å². The molecule has 0 saturated carbocycles. The zero-order chi connectivity index (χ0) is 14.8. The summed E-state index contributed by atoms with van der Waals surface area (Å²) in [5.74, 6) is -0.231. The first-order valence-corrected chi connectivity index (χ1v) is 6.86. The van der Waals surface area contributed by atoms with Crippen molar-refractivity contribution in [1.82, 2.24) is 14.8 Å². The van der Waals surface area contributed by atoms with Crippen molar-refractivity contribution in [3.8, 4) is 0 Å². The minimum Gasteiger partial charge on any atom is -0.383 e. The molecule has 1 aromatic heterocycles. The highest BCUT2D eigenvalue weighted by atomic mass is 35.5. The van der Waals surface area contributed by atoms with Crippen LogP contribution in [0.5, 0.6) is 0 Å². The van der Waals surface area contributed by atoms with E-state index in [1.807, 2.05) is 6.92 Å². The van der Waals surface area contributed by atoms with Gasteiger partial charge in [-0.25, -0.2) is 9.67 Å². The summed E-state index contributed by atoms with van der Waals surface area (Å²) in [6.07, 6.45) is 4.65. The van der Waals surface area contributed by atoms with E-state index < -0.39 is 5.60 Å². The number of hydrogen-bond acceptors (Lipinski definition) is 3. The molecule has 0 radical (unpaired) electrons. The number of halogens is 2. The molecule has 20 heavy (non-hydrogen) atoms. The molecule has 0 aliphatic heterocycles. The molecule has 0 fully saturated rings. The molecule has 1 aromatic carbocycles. The highest BCUT2D eigenvalue weighted by Gasteiger charge is 2.36. The maximum absolute atomic E-state index is 11.1. The fourth-order valence-electron chi connectivity index (χ4n) is 2.07. The second-order valence-corrected chi connectivity index (χ2v) is 5.51. The summed E-state index contributed by atoms with van der Waals surface area (Å²) in [4.78, 5) is 3.88. The van der Waals surface area contributed by atoms with Crippen LogP contribution in [0.2, 0.25) is 10.0 Å². The van der Waals surface area contributed by atoms with Crippen LogP contribution in [-0.4, -0.2) is 19.9 Å². The Morgan fingerprint density at radius 1 is 1.50 bits per heavy atom. The Kier molecular flexibility index (Phi) is 4.48. The summed E-state index contributed by atoms with van der Waals surface area (Å²) in [6, 6.07) is 5.03. The van der Waals surface area contributed by atoms with Crippen molar-refractivity contribution in [2.24, 2.45) is 5.92 Å². The Bertz CT molecular complexity index is 600. The van der Waals surface area contributed by atoms with Crippen LogP contribution >= 0.6 is 23.2 Å². The molecule has 2 aromatic rings. The van der Waals surface area contributed by atoms with E-state index in [9.17, 15) is 5.11 Å². The normalized spacial score (nSPS) is 15.6. The fourth-order valence-corrected chi connectivity index (χ4v) is 2.64. The molecule has 1 N–H and O–H groups in total. The Morgan fingerprint density at radius 3 is 2.80 bits per heavy atom. The number of hydrogen-bond donors (Lipinski definition) is 1. The van der Waals surface area contributed by atoms with E-state index in [0.717, 1.165) is 0 Å². The molecular formula is C14H15Cl2N3O. The molecule has 0 aliphatic carbocycles. The van der Waals surface area contributed by atoms with Crippen LogP contribution in [0, 0.1) is 5.92 Å². The molecule has 0 unspecified atom stereocenters. The van der Waals surface area contributed by atoms with E-state index in [0.29, 0.717) is 15.6 Å². The van der Waals surface area contributed by atoms with Gasteiger partial charge in [0.2, 0.25) is 0 Å². The Hall–Kier alpha value is -1.36. The van der Waals surface area contributed by atoms with Gasteiger partial charge in [0.25, 0.3) is 0 Å². The minimum absolute atomic E-state index is 0.224. The van der Waals surface area contributed by atoms with Gasteiger partial charge in [-0.2, -0.15) is 5.10 Å². The topological polar surface area (TPSA) is 50.9 Å².